The van der Waals surface area contributed by atoms with Gasteiger partial charge in [0.05, 0.1) is 6.04 Å². The lowest BCUT2D eigenvalue weighted by atomic mass is 9.95. The molecular weight excluding hydrogens is 386 g/mol. The fraction of sp³-hybridized carbons (Fsp3) is 0.455. The van der Waals surface area contributed by atoms with Crippen LogP contribution in [0.5, 0.6) is 0 Å². The van der Waals surface area contributed by atoms with Crippen molar-refractivity contribution in [3.8, 4) is 0 Å². The van der Waals surface area contributed by atoms with E-state index in [2.05, 4.69) is 36.2 Å². The van der Waals surface area contributed by atoms with Gasteiger partial charge in [-0.25, -0.2) is 8.42 Å². The lowest BCUT2D eigenvalue weighted by molar-refractivity contribution is -0.137. The number of benzene rings is 1. The van der Waals surface area contributed by atoms with Crippen LogP contribution in [0.25, 0.3) is 0 Å². The monoisotopic (exact) mass is 413 g/mol. The van der Waals surface area contributed by atoms with Crippen molar-refractivity contribution in [3.63, 3.8) is 0 Å². The summed E-state index contributed by atoms with van der Waals surface area (Å²) < 4.78 is 27.0. The normalized spacial score (nSPS) is 21.4. The highest BCUT2D eigenvalue weighted by Crippen LogP contribution is 2.35. The molecule has 0 bridgehead atoms. The molecule has 1 unspecified atom stereocenters. The first-order chi connectivity index (χ1) is 14.0. The molecule has 1 amide bonds. The number of pyridine rings is 1. The summed E-state index contributed by atoms with van der Waals surface area (Å²) in [5.74, 6) is 0.0629. The summed E-state index contributed by atoms with van der Waals surface area (Å²) in [5, 5.41) is 0. The smallest absolute Gasteiger partial charge is 0.244 e. The molecule has 3 heterocycles. The Hall–Kier alpha value is -2.25. The fourth-order valence-corrected chi connectivity index (χ4v) is 5.83. The highest BCUT2D eigenvalue weighted by molar-refractivity contribution is 7.89. The summed E-state index contributed by atoms with van der Waals surface area (Å²) in [7, 11) is -3.54. The van der Waals surface area contributed by atoms with Crippen LogP contribution in [0.4, 0.5) is 0 Å². The molecule has 2 fully saturated rings. The van der Waals surface area contributed by atoms with Gasteiger partial charge in [0.15, 0.2) is 0 Å². The van der Waals surface area contributed by atoms with Crippen molar-refractivity contribution in [2.75, 3.05) is 19.6 Å². The highest BCUT2D eigenvalue weighted by atomic mass is 32.2. The van der Waals surface area contributed by atoms with Crippen molar-refractivity contribution in [1.29, 1.82) is 0 Å². The van der Waals surface area contributed by atoms with Crippen molar-refractivity contribution in [3.05, 3.63) is 59.9 Å². The van der Waals surface area contributed by atoms with E-state index in [0.717, 1.165) is 19.4 Å². The maximum absolute atomic E-state index is 13.2. The molecule has 29 heavy (non-hydrogen) atoms. The second-order valence-electron chi connectivity index (χ2n) is 7.97. The summed E-state index contributed by atoms with van der Waals surface area (Å²) >= 11 is 0. The Bertz CT molecular complexity index is 953. The lowest BCUT2D eigenvalue weighted by Crippen LogP contribution is -2.44. The summed E-state index contributed by atoms with van der Waals surface area (Å²) in [6.45, 7) is 3.59. The average molecular weight is 414 g/mol. The summed E-state index contributed by atoms with van der Waals surface area (Å²) in [5.41, 5.74) is 2.41. The average Bonchev–Trinajstić information content (AvgIpc) is 3.24. The van der Waals surface area contributed by atoms with Crippen LogP contribution in [0.3, 0.4) is 0 Å². The van der Waals surface area contributed by atoms with Crippen LogP contribution in [-0.2, 0) is 14.8 Å². The van der Waals surface area contributed by atoms with Gasteiger partial charge in [0.1, 0.15) is 4.90 Å². The topological polar surface area (TPSA) is 70.6 Å². The summed E-state index contributed by atoms with van der Waals surface area (Å²) in [4.78, 5) is 19.4. The molecule has 2 aromatic rings. The number of rotatable bonds is 4. The molecule has 0 saturated carbocycles. The van der Waals surface area contributed by atoms with E-state index in [0.29, 0.717) is 25.9 Å². The van der Waals surface area contributed by atoms with Gasteiger partial charge in [-0.1, -0.05) is 29.8 Å². The maximum atomic E-state index is 13.2. The van der Waals surface area contributed by atoms with E-state index in [-0.39, 0.29) is 22.8 Å². The van der Waals surface area contributed by atoms with Gasteiger partial charge >= 0.3 is 0 Å². The van der Waals surface area contributed by atoms with Crippen molar-refractivity contribution in [1.82, 2.24) is 14.2 Å². The number of amides is 1. The van der Waals surface area contributed by atoms with Crippen LogP contribution < -0.4 is 0 Å². The third kappa shape index (κ3) is 4.07. The number of carbonyl (C=O) groups is 1. The van der Waals surface area contributed by atoms with Crippen molar-refractivity contribution in [2.45, 2.75) is 43.5 Å². The zero-order valence-corrected chi connectivity index (χ0v) is 17.5. The first kappa shape index (κ1) is 20.0. The Morgan fingerprint density at radius 1 is 1.03 bits per heavy atom. The Morgan fingerprint density at radius 3 is 2.41 bits per heavy atom. The van der Waals surface area contributed by atoms with Gasteiger partial charge in [-0.2, -0.15) is 4.31 Å². The minimum Gasteiger partial charge on any atom is -0.335 e. The van der Waals surface area contributed by atoms with E-state index in [1.54, 1.807) is 18.3 Å². The number of carbonyl (C=O) groups excluding carboxylic acids is 1. The molecule has 154 valence electrons. The van der Waals surface area contributed by atoms with Crippen molar-refractivity contribution >= 4 is 15.9 Å². The zero-order chi connectivity index (χ0) is 20.4. The van der Waals surface area contributed by atoms with E-state index in [1.807, 2.05) is 4.90 Å². The molecule has 4 rings (SSSR count). The Morgan fingerprint density at radius 2 is 1.76 bits per heavy atom. The Kier molecular flexibility index (Phi) is 5.69. The van der Waals surface area contributed by atoms with Crippen molar-refractivity contribution in [2.24, 2.45) is 5.92 Å². The standard InChI is InChI=1S/C22H27N3O3S/c1-17-6-8-18(9-7-17)21-5-3-13-25(21)22(26)19-10-14-24(15-11-19)29(27,28)20-4-2-12-23-16-20/h2,4,6-9,12,16,19,21H,3,5,10-11,13-15H2,1H3. The van der Waals surface area contributed by atoms with E-state index < -0.39 is 10.0 Å². The molecule has 0 radical (unpaired) electrons. The molecule has 0 aliphatic carbocycles. The number of likely N-dealkylation sites (tertiary alicyclic amines) is 1. The second-order valence-corrected chi connectivity index (χ2v) is 9.91. The van der Waals surface area contributed by atoms with Crippen LogP contribution in [0.15, 0.2) is 53.7 Å². The molecule has 2 aliphatic rings. The molecular formula is C22H27N3O3S. The van der Waals surface area contributed by atoms with Gasteiger partial charge in [0.2, 0.25) is 15.9 Å². The van der Waals surface area contributed by atoms with E-state index in [1.165, 1.54) is 21.6 Å². The van der Waals surface area contributed by atoms with Gasteiger partial charge < -0.3 is 4.90 Å². The molecule has 1 aromatic carbocycles. The predicted octanol–water partition coefficient (Wildman–Crippen LogP) is 3.15. The molecule has 0 N–H and O–H groups in total. The van der Waals surface area contributed by atoms with Gasteiger partial charge in [-0.05, 0) is 50.3 Å². The van der Waals surface area contributed by atoms with E-state index >= 15 is 0 Å². The number of hydrogen-bond acceptors (Lipinski definition) is 4. The number of piperidine rings is 1. The maximum Gasteiger partial charge on any atom is 0.244 e. The lowest BCUT2D eigenvalue weighted by Gasteiger charge is -2.34. The number of nitrogens with zero attached hydrogens (tertiary/aromatic N) is 3. The van der Waals surface area contributed by atoms with E-state index in [9.17, 15) is 13.2 Å². The number of aryl methyl sites for hydroxylation is 1. The van der Waals surface area contributed by atoms with Gasteiger partial charge in [0, 0.05) is 37.9 Å². The highest BCUT2D eigenvalue weighted by Gasteiger charge is 2.37. The zero-order valence-electron chi connectivity index (χ0n) is 16.7. The number of sulfonamides is 1. The van der Waals surface area contributed by atoms with Crippen molar-refractivity contribution < 1.29 is 13.2 Å². The van der Waals surface area contributed by atoms with Gasteiger partial charge in [-0.15, -0.1) is 0 Å². The molecule has 2 saturated heterocycles. The summed E-state index contributed by atoms with van der Waals surface area (Å²) in [6.07, 6.45) is 6.07. The minimum absolute atomic E-state index is 0.110. The minimum atomic E-state index is -3.54. The van der Waals surface area contributed by atoms with Crippen LogP contribution in [0, 0.1) is 12.8 Å². The molecule has 1 aromatic heterocycles. The first-order valence-electron chi connectivity index (χ1n) is 10.2. The molecule has 0 spiro atoms. The van der Waals surface area contributed by atoms with Gasteiger partial charge in [0.25, 0.3) is 0 Å². The molecule has 6 nitrogen and oxygen atoms in total. The predicted molar refractivity (Wildman–Crippen MR) is 111 cm³/mol. The third-order valence-corrected chi connectivity index (χ3v) is 7.96. The number of aromatic nitrogens is 1. The summed E-state index contributed by atoms with van der Waals surface area (Å²) in [6, 6.07) is 11.8. The van der Waals surface area contributed by atoms with Gasteiger partial charge in [-0.3, -0.25) is 9.78 Å². The SMILES string of the molecule is Cc1ccc(C2CCCN2C(=O)C2CCN(S(=O)(=O)c3cccnc3)CC2)cc1. The quantitative estimate of drug-likeness (QED) is 0.772. The number of hydrogen-bond donors (Lipinski definition) is 0. The Labute approximate surface area is 172 Å². The first-order valence-corrected chi connectivity index (χ1v) is 11.7. The Balaban J connectivity index is 1.42. The fourth-order valence-electron chi connectivity index (χ4n) is 4.39. The van der Waals surface area contributed by atoms with Crippen LogP contribution in [-0.4, -0.2) is 48.1 Å². The van der Waals surface area contributed by atoms with Crippen LogP contribution >= 0.6 is 0 Å². The molecule has 7 heteroatoms. The van der Waals surface area contributed by atoms with E-state index in [4.69, 9.17) is 0 Å². The van der Waals surface area contributed by atoms with Crippen LogP contribution in [0.1, 0.15) is 42.9 Å². The second kappa shape index (κ2) is 8.24. The van der Waals surface area contributed by atoms with Crippen LogP contribution in [0.2, 0.25) is 0 Å². The molecule has 1 atom stereocenters. The third-order valence-electron chi connectivity index (χ3n) is 6.07. The largest absolute Gasteiger partial charge is 0.335 e. The molecule has 2 aliphatic heterocycles.